The number of carbonyl (C=O) groups is 2. The molecule has 3 atom stereocenters. The van der Waals surface area contributed by atoms with E-state index < -0.39 is 24.0 Å². The van der Waals surface area contributed by atoms with Gasteiger partial charge < -0.3 is 0 Å². The zero-order valence-corrected chi connectivity index (χ0v) is 19.0. The van der Waals surface area contributed by atoms with Crippen molar-refractivity contribution in [1.82, 2.24) is 0 Å². The largest absolute Gasteiger partial charge is 0.273 e. The number of amides is 2. The number of rotatable bonds is 3. The second-order valence-corrected chi connectivity index (χ2v) is 9.07. The van der Waals surface area contributed by atoms with Gasteiger partial charge in [-0.2, -0.15) is 0 Å². The Balaban J connectivity index is 1.61. The summed E-state index contributed by atoms with van der Waals surface area (Å²) < 4.78 is 0.855. The molecule has 0 spiro atoms. The number of fused-ring (bicyclic) bond motifs is 1. The standard InChI is InChI=1S/C23H15BrCl2N2O3/c24-13-6-9-15(10-7-13)27-22(29)19-20(17-11-8-14(25)12-18(17)26)28(31-21(19)23(27)30)16-4-2-1-3-5-16/h1-12,19-21H/t19-,20+,21+/m1/s1. The highest BCUT2D eigenvalue weighted by Gasteiger charge is 2.60. The smallest absolute Gasteiger partial charge is 0.266 e. The van der Waals surface area contributed by atoms with Gasteiger partial charge >= 0.3 is 0 Å². The molecule has 2 aliphatic rings. The molecule has 0 aromatic heterocycles. The van der Waals surface area contributed by atoms with E-state index in [1.807, 2.05) is 30.3 Å². The fraction of sp³-hybridized carbons (Fsp3) is 0.130. The molecule has 5 nitrogen and oxygen atoms in total. The highest BCUT2D eigenvalue weighted by atomic mass is 79.9. The molecule has 0 unspecified atom stereocenters. The van der Waals surface area contributed by atoms with E-state index in [4.69, 9.17) is 28.0 Å². The van der Waals surface area contributed by atoms with Crippen LogP contribution in [0.4, 0.5) is 11.4 Å². The van der Waals surface area contributed by atoms with Crippen molar-refractivity contribution in [1.29, 1.82) is 0 Å². The van der Waals surface area contributed by atoms with Crippen molar-refractivity contribution in [2.75, 3.05) is 9.96 Å². The number of para-hydroxylation sites is 1. The van der Waals surface area contributed by atoms with Gasteiger partial charge in [-0.05, 0) is 54.1 Å². The maximum absolute atomic E-state index is 13.5. The first kappa shape index (κ1) is 20.5. The fourth-order valence-corrected chi connectivity index (χ4v) is 4.90. The number of imide groups is 1. The monoisotopic (exact) mass is 516 g/mol. The molecule has 2 fully saturated rings. The first-order chi connectivity index (χ1) is 15.0. The molecular formula is C23H15BrCl2N2O3. The molecule has 0 bridgehead atoms. The van der Waals surface area contributed by atoms with Gasteiger partial charge in [-0.1, -0.05) is 63.4 Å². The van der Waals surface area contributed by atoms with Crippen molar-refractivity contribution in [3.05, 3.63) is 92.9 Å². The van der Waals surface area contributed by atoms with Crippen LogP contribution in [0.1, 0.15) is 11.6 Å². The molecule has 0 radical (unpaired) electrons. The zero-order valence-electron chi connectivity index (χ0n) is 15.9. The van der Waals surface area contributed by atoms with E-state index in [0.29, 0.717) is 21.3 Å². The van der Waals surface area contributed by atoms with Gasteiger partial charge in [0.25, 0.3) is 5.91 Å². The summed E-state index contributed by atoms with van der Waals surface area (Å²) in [7, 11) is 0. The van der Waals surface area contributed by atoms with E-state index in [1.165, 1.54) is 4.90 Å². The number of hydrogen-bond donors (Lipinski definition) is 0. The Labute approximate surface area is 197 Å². The van der Waals surface area contributed by atoms with Crippen LogP contribution in [0.25, 0.3) is 0 Å². The molecule has 31 heavy (non-hydrogen) atoms. The highest BCUT2D eigenvalue weighted by molar-refractivity contribution is 9.10. The van der Waals surface area contributed by atoms with Crippen molar-refractivity contribution >= 4 is 62.3 Å². The predicted octanol–water partition coefficient (Wildman–Crippen LogP) is 5.81. The SMILES string of the molecule is O=C1[C@H]2[C@H](ON(c3ccccc3)[C@H]2c2ccc(Cl)cc2Cl)C(=O)N1c1ccc(Br)cc1. The Kier molecular flexibility index (Phi) is 5.26. The van der Waals surface area contributed by atoms with Crippen molar-refractivity contribution in [2.24, 2.45) is 5.92 Å². The summed E-state index contributed by atoms with van der Waals surface area (Å²) in [5, 5.41) is 2.50. The molecule has 156 valence electrons. The lowest BCUT2D eigenvalue weighted by Gasteiger charge is -2.29. The van der Waals surface area contributed by atoms with E-state index in [1.54, 1.807) is 47.5 Å². The third kappa shape index (κ3) is 3.44. The third-order valence-electron chi connectivity index (χ3n) is 5.49. The highest BCUT2D eigenvalue weighted by Crippen LogP contribution is 2.49. The molecule has 0 aliphatic carbocycles. The second kappa shape index (κ2) is 7.95. The third-order valence-corrected chi connectivity index (χ3v) is 6.58. The summed E-state index contributed by atoms with van der Waals surface area (Å²) in [6.07, 6.45) is -0.951. The molecule has 5 rings (SSSR count). The zero-order chi connectivity index (χ0) is 21.7. The van der Waals surface area contributed by atoms with Gasteiger partial charge in [0.15, 0.2) is 6.10 Å². The number of halogens is 3. The van der Waals surface area contributed by atoms with E-state index in [9.17, 15) is 9.59 Å². The average Bonchev–Trinajstić information content (AvgIpc) is 3.26. The summed E-state index contributed by atoms with van der Waals surface area (Å²) >= 11 is 16.0. The van der Waals surface area contributed by atoms with E-state index in [-0.39, 0.29) is 5.91 Å². The van der Waals surface area contributed by atoms with Gasteiger partial charge in [-0.25, -0.2) is 9.96 Å². The van der Waals surface area contributed by atoms with Crippen LogP contribution in [0, 0.1) is 5.92 Å². The van der Waals surface area contributed by atoms with Crippen molar-refractivity contribution in [2.45, 2.75) is 12.1 Å². The minimum atomic E-state index is -0.951. The molecule has 2 amide bonds. The van der Waals surface area contributed by atoms with Gasteiger partial charge in [0.05, 0.1) is 17.4 Å². The molecule has 8 heteroatoms. The lowest BCUT2D eigenvalue weighted by Crippen LogP contribution is -2.37. The molecule has 2 saturated heterocycles. The van der Waals surface area contributed by atoms with Gasteiger partial charge in [0.1, 0.15) is 5.92 Å². The van der Waals surface area contributed by atoms with Gasteiger partial charge in [0, 0.05) is 14.5 Å². The lowest BCUT2D eigenvalue weighted by atomic mass is 9.90. The number of anilines is 2. The first-order valence-corrected chi connectivity index (χ1v) is 11.1. The Morgan fingerprint density at radius 2 is 1.55 bits per heavy atom. The number of hydrogen-bond acceptors (Lipinski definition) is 4. The van der Waals surface area contributed by atoms with Crippen LogP contribution in [0.15, 0.2) is 77.3 Å². The van der Waals surface area contributed by atoms with Crippen LogP contribution in [0.3, 0.4) is 0 Å². The Bertz CT molecular complexity index is 1170. The van der Waals surface area contributed by atoms with Crippen molar-refractivity contribution < 1.29 is 14.4 Å². The molecule has 0 N–H and O–H groups in total. The quantitative estimate of drug-likeness (QED) is 0.411. The van der Waals surface area contributed by atoms with Gasteiger partial charge in [-0.3, -0.25) is 14.4 Å². The summed E-state index contributed by atoms with van der Waals surface area (Å²) in [6, 6.07) is 20.9. The Morgan fingerprint density at radius 1 is 0.839 bits per heavy atom. The minimum Gasteiger partial charge on any atom is -0.273 e. The minimum absolute atomic E-state index is 0.327. The predicted molar refractivity (Wildman–Crippen MR) is 123 cm³/mol. The van der Waals surface area contributed by atoms with Crippen LogP contribution >= 0.6 is 39.1 Å². The Hall–Kier alpha value is -2.38. The molecule has 3 aromatic carbocycles. The lowest BCUT2D eigenvalue weighted by molar-refractivity contribution is -0.126. The van der Waals surface area contributed by atoms with E-state index >= 15 is 0 Å². The summed E-state index contributed by atoms with van der Waals surface area (Å²) in [6.45, 7) is 0. The maximum Gasteiger partial charge on any atom is 0.266 e. The summed E-state index contributed by atoms with van der Waals surface area (Å²) in [4.78, 5) is 34.1. The second-order valence-electron chi connectivity index (χ2n) is 7.31. The number of carbonyl (C=O) groups excluding carboxylic acids is 2. The number of benzene rings is 3. The van der Waals surface area contributed by atoms with Crippen LogP contribution in [-0.2, 0) is 14.4 Å². The first-order valence-electron chi connectivity index (χ1n) is 9.55. The molecule has 3 aromatic rings. The molecule has 2 aliphatic heterocycles. The van der Waals surface area contributed by atoms with Crippen LogP contribution in [-0.4, -0.2) is 17.9 Å². The average molecular weight is 518 g/mol. The van der Waals surface area contributed by atoms with Gasteiger partial charge in [-0.15, -0.1) is 0 Å². The van der Waals surface area contributed by atoms with E-state index in [2.05, 4.69) is 15.9 Å². The number of nitrogens with zero attached hydrogens (tertiary/aromatic N) is 2. The van der Waals surface area contributed by atoms with Crippen LogP contribution in [0.2, 0.25) is 10.0 Å². The topological polar surface area (TPSA) is 49.9 Å². The molecule has 0 saturated carbocycles. The van der Waals surface area contributed by atoms with E-state index in [0.717, 1.165) is 10.2 Å². The van der Waals surface area contributed by atoms with Gasteiger partial charge in [0.2, 0.25) is 5.91 Å². The fourth-order valence-electron chi connectivity index (χ4n) is 4.12. The molecular weight excluding hydrogens is 503 g/mol. The number of hydroxylamine groups is 1. The van der Waals surface area contributed by atoms with Crippen LogP contribution < -0.4 is 9.96 Å². The van der Waals surface area contributed by atoms with Crippen LogP contribution in [0.5, 0.6) is 0 Å². The van der Waals surface area contributed by atoms with Crippen molar-refractivity contribution in [3.8, 4) is 0 Å². The molecule has 2 heterocycles. The normalized spacial score (nSPS) is 22.9. The summed E-state index contributed by atoms with van der Waals surface area (Å²) in [5.74, 6) is -1.48. The van der Waals surface area contributed by atoms with Crippen molar-refractivity contribution in [3.63, 3.8) is 0 Å². The Morgan fingerprint density at radius 3 is 2.23 bits per heavy atom. The summed E-state index contributed by atoms with van der Waals surface area (Å²) in [5.41, 5.74) is 1.90. The maximum atomic E-state index is 13.5.